The van der Waals surface area contributed by atoms with Crippen molar-refractivity contribution >= 4 is 15.7 Å². The molecule has 0 saturated heterocycles. The van der Waals surface area contributed by atoms with Gasteiger partial charge in [-0.3, -0.25) is 0 Å². The molecule has 2 aromatic rings. The van der Waals surface area contributed by atoms with Crippen LogP contribution in [0.5, 0.6) is 5.75 Å². The quantitative estimate of drug-likeness (QED) is 0.649. The minimum atomic E-state index is -3.65. The van der Waals surface area contributed by atoms with Gasteiger partial charge in [0.2, 0.25) is 0 Å². The Bertz CT molecular complexity index is 1160. The molecule has 32 heavy (non-hydrogen) atoms. The van der Waals surface area contributed by atoms with Crippen LogP contribution in [-0.4, -0.2) is 21.2 Å². The first-order valence-electron chi connectivity index (χ1n) is 11.6. The van der Waals surface area contributed by atoms with Crippen LogP contribution in [0.25, 0.3) is 0 Å². The van der Waals surface area contributed by atoms with Gasteiger partial charge in [-0.05, 0) is 98.6 Å². The minimum absolute atomic E-state index is 0.0268. The first-order chi connectivity index (χ1) is 15.3. The van der Waals surface area contributed by atoms with Gasteiger partial charge in [0.25, 0.3) is 10.0 Å². The predicted octanol–water partition coefficient (Wildman–Crippen LogP) is 5.19. The van der Waals surface area contributed by atoms with Crippen molar-refractivity contribution in [2.75, 3.05) is 7.11 Å². The Morgan fingerprint density at radius 2 is 1.84 bits per heavy atom. The van der Waals surface area contributed by atoms with Crippen molar-refractivity contribution in [2.24, 2.45) is 22.4 Å². The number of sulfonamides is 1. The summed E-state index contributed by atoms with van der Waals surface area (Å²) in [5.74, 6) is 2.72. The molecule has 6 heteroatoms. The molecule has 4 atom stereocenters. The first kappa shape index (κ1) is 21.5. The van der Waals surface area contributed by atoms with E-state index in [0.29, 0.717) is 17.8 Å². The van der Waals surface area contributed by atoms with Crippen molar-refractivity contribution < 1.29 is 13.2 Å². The summed E-state index contributed by atoms with van der Waals surface area (Å²) in [6, 6.07) is 13.5. The standard InChI is InChI=1S/C26H32N2O3S/c1-17-4-8-20(9-5-17)32(29,30)28-27-25-13-12-24-23-10-6-18-16-19(31-3)7-11-21(18)22(23)14-15-26(24,25)2/h4-5,7-9,11,16,22-24,28H,6,10,12-15H2,1-3H3/t22-,23-,24+,26-/m1/s1. The van der Waals surface area contributed by atoms with Crippen LogP contribution in [0.1, 0.15) is 61.6 Å². The van der Waals surface area contributed by atoms with Crippen LogP contribution in [0.15, 0.2) is 52.5 Å². The number of nitrogens with zero attached hydrogens (tertiary/aromatic N) is 1. The summed E-state index contributed by atoms with van der Waals surface area (Å²) in [6.07, 6.45) is 6.42. The zero-order valence-electron chi connectivity index (χ0n) is 19.1. The van der Waals surface area contributed by atoms with Crippen LogP contribution < -0.4 is 9.57 Å². The number of ether oxygens (including phenoxy) is 1. The molecule has 0 aliphatic heterocycles. The van der Waals surface area contributed by atoms with E-state index in [9.17, 15) is 8.42 Å². The molecule has 0 bridgehead atoms. The van der Waals surface area contributed by atoms with E-state index in [1.54, 1.807) is 19.2 Å². The van der Waals surface area contributed by atoms with Gasteiger partial charge in [0, 0.05) is 11.1 Å². The first-order valence-corrected chi connectivity index (χ1v) is 13.1. The summed E-state index contributed by atoms with van der Waals surface area (Å²) in [4.78, 5) is 2.80. The summed E-state index contributed by atoms with van der Waals surface area (Å²) < 4.78 is 30.9. The van der Waals surface area contributed by atoms with E-state index in [-0.39, 0.29) is 10.3 Å². The molecular formula is C26H32N2O3S. The van der Waals surface area contributed by atoms with Gasteiger partial charge in [0.05, 0.1) is 12.0 Å². The van der Waals surface area contributed by atoms with E-state index in [0.717, 1.165) is 49.1 Å². The van der Waals surface area contributed by atoms with Crippen molar-refractivity contribution in [3.63, 3.8) is 0 Å². The number of aryl methyl sites for hydroxylation is 2. The highest BCUT2D eigenvalue weighted by Gasteiger charge is 2.53. The van der Waals surface area contributed by atoms with Crippen LogP contribution in [0.2, 0.25) is 0 Å². The summed E-state index contributed by atoms with van der Waals surface area (Å²) in [6.45, 7) is 4.25. The van der Waals surface area contributed by atoms with Crippen molar-refractivity contribution in [2.45, 2.75) is 63.2 Å². The normalized spacial score (nSPS) is 30.3. The highest BCUT2D eigenvalue weighted by atomic mass is 32.2. The fourth-order valence-electron chi connectivity index (χ4n) is 6.54. The number of methoxy groups -OCH3 is 1. The third kappa shape index (κ3) is 3.53. The van der Waals surface area contributed by atoms with Crippen molar-refractivity contribution in [3.8, 4) is 5.75 Å². The monoisotopic (exact) mass is 452 g/mol. The second-order valence-electron chi connectivity index (χ2n) is 9.94. The van der Waals surface area contributed by atoms with E-state index in [2.05, 4.69) is 35.1 Å². The van der Waals surface area contributed by atoms with Crippen LogP contribution in [0, 0.1) is 24.2 Å². The molecule has 2 fully saturated rings. The molecule has 0 aromatic heterocycles. The van der Waals surface area contributed by atoms with E-state index < -0.39 is 10.0 Å². The van der Waals surface area contributed by atoms with E-state index in [4.69, 9.17) is 4.74 Å². The zero-order valence-corrected chi connectivity index (χ0v) is 19.9. The fraction of sp³-hybridized carbons (Fsp3) is 0.500. The van der Waals surface area contributed by atoms with Gasteiger partial charge in [-0.1, -0.05) is 30.7 Å². The molecule has 170 valence electrons. The lowest BCUT2D eigenvalue weighted by molar-refractivity contribution is 0.0954. The van der Waals surface area contributed by atoms with Gasteiger partial charge in [0.15, 0.2) is 0 Å². The molecule has 0 spiro atoms. The summed E-state index contributed by atoms with van der Waals surface area (Å²) in [5, 5.41) is 4.52. The molecule has 0 heterocycles. The third-order valence-corrected chi connectivity index (χ3v) is 9.53. The summed E-state index contributed by atoms with van der Waals surface area (Å²) in [7, 11) is -1.92. The fourth-order valence-corrected chi connectivity index (χ4v) is 7.37. The lowest BCUT2D eigenvalue weighted by atomic mass is 9.55. The predicted molar refractivity (Wildman–Crippen MR) is 127 cm³/mol. The van der Waals surface area contributed by atoms with Gasteiger partial charge >= 0.3 is 0 Å². The number of nitrogens with one attached hydrogen (secondary N) is 1. The molecule has 0 unspecified atom stereocenters. The zero-order chi connectivity index (χ0) is 22.5. The Labute approximate surface area is 191 Å². The maximum Gasteiger partial charge on any atom is 0.276 e. The van der Waals surface area contributed by atoms with E-state index in [1.807, 2.05) is 19.1 Å². The van der Waals surface area contributed by atoms with E-state index in [1.165, 1.54) is 17.5 Å². The number of hydrogen-bond acceptors (Lipinski definition) is 4. The molecule has 0 radical (unpaired) electrons. The van der Waals surface area contributed by atoms with Crippen molar-refractivity contribution in [3.05, 3.63) is 59.2 Å². The Morgan fingerprint density at radius 1 is 1.06 bits per heavy atom. The highest BCUT2D eigenvalue weighted by Crippen LogP contribution is 2.59. The molecule has 2 aromatic carbocycles. The van der Waals surface area contributed by atoms with Gasteiger partial charge in [-0.25, -0.2) is 4.83 Å². The van der Waals surface area contributed by atoms with Gasteiger partial charge < -0.3 is 4.74 Å². The SMILES string of the molecule is COc1ccc2c(c1)CC[C@@H]1[C@@H]2CC[C@@]2(C)C(=NNS(=O)(=O)c3ccc(C)cc3)CC[C@@H]12. The van der Waals surface area contributed by atoms with Crippen LogP contribution in [0.3, 0.4) is 0 Å². The molecule has 5 nitrogen and oxygen atoms in total. The van der Waals surface area contributed by atoms with Gasteiger partial charge in [-0.15, -0.1) is 0 Å². The summed E-state index contributed by atoms with van der Waals surface area (Å²) in [5.41, 5.74) is 4.96. The lowest BCUT2D eigenvalue weighted by Crippen LogP contribution is -2.43. The van der Waals surface area contributed by atoms with E-state index >= 15 is 0 Å². The Balaban J connectivity index is 1.37. The van der Waals surface area contributed by atoms with Crippen molar-refractivity contribution in [1.82, 2.24) is 4.83 Å². The average Bonchev–Trinajstić information content (AvgIpc) is 3.13. The lowest BCUT2D eigenvalue weighted by Gasteiger charge is -2.49. The molecule has 1 N–H and O–H groups in total. The molecule has 3 aliphatic carbocycles. The smallest absolute Gasteiger partial charge is 0.276 e. The number of hydrazone groups is 1. The number of hydrogen-bond donors (Lipinski definition) is 1. The highest BCUT2D eigenvalue weighted by molar-refractivity contribution is 7.89. The average molecular weight is 453 g/mol. The largest absolute Gasteiger partial charge is 0.497 e. The third-order valence-electron chi connectivity index (χ3n) is 8.31. The maximum absolute atomic E-state index is 12.8. The maximum atomic E-state index is 12.8. The molecule has 5 rings (SSSR count). The van der Waals surface area contributed by atoms with Crippen LogP contribution >= 0.6 is 0 Å². The Morgan fingerprint density at radius 3 is 2.59 bits per heavy atom. The van der Waals surface area contributed by atoms with Gasteiger partial charge in [-0.2, -0.15) is 13.5 Å². The molecular weight excluding hydrogens is 420 g/mol. The second-order valence-corrected chi connectivity index (χ2v) is 11.6. The minimum Gasteiger partial charge on any atom is -0.497 e. The Hall–Kier alpha value is -2.34. The van der Waals surface area contributed by atoms with Crippen LogP contribution in [0.4, 0.5) is 0 Å². The molecule has 0 amide bonds. The van der Waals surface area contributed by atoms with Crippen molar-refractivity contribution in [1.29, 1.82) is 0 Å². The Kier molecular flexibility index (Phi) is 5.31. The summed E-state index contributed by atoms with van der Waals surface area (Å²) >= 11 is 0. The molecule has 3 aliphatic rings. The number of rotatable bonds is 4. The second kappa shape index (κ2) is 7.91. The molecule has 2 saturated carbocycles. The van der Waals surface area contributed by atoms with Gasteiger partial charge in [0.1, 0.15) is 5.75 Å². The number of fused-ring (bicyclic) bond motifs is 5. The van der Waals surface area contributed by atoms with Crippen LogP contribution in [-0.2, 0) is 16.4 Å². The number of benzene rings is 2. The topological polar surface area (TPSA) is 67.8 Å².